The summed E-state index contributed by atoms with van der Waals surface area (Å²) in [6, 6.07) is 17.3. The molecular formula is C26H29N3O2S. The molecule has 166 valence electrons. The van der Waals surface area contributed by atoms with Crippen LogP contribution in [0.2, 0.25) is 0 Å². The molecule has 0 bridgehead atoms. The first-order valence-electron chi connectivity index (χ1n) is 11.9. The first-order valence-corrected chi connectivity index (χ1v) is 12.7. The van der Waals surface area contributed by atoms with E-state index in [1.165, 1.54) is 35.2 Å². The van der Waals surface area contributed by atoms with Crippen molar-refractivity contribution in [3.63, 3.8) is 0 Å². The normalized spacial score (nSPS) is 22.4. The molecule has 5 nitrogen and oxygen atoms in total. The summed E-state index contributed by atoms with van der Waals surface area (Å²) < 4.78 is 6.69. The Morgan fingerprint density at radius 1 is 1.03 bits per heavy atom. The molecule has 3 aromatic rings. The van der Waals surface area contributed by atoms with Gasteiger partial charge in [-0.15, -0.1) is 0 Å². The lowest BCUT2D eigenvalue weighted by atomic mass is 9.65. The van der Waals surface area contributed by atoms with E-state index in [1.807, 2.05) is 11.0 Å². The molecule has 0 radical (unpaired) electrons. The lowest BCUT2D eigenvalue weighted by molar-refractivity contribution is -0.136. The van der Waals surface area contributed by atoms with Crippen LogP contribution in [0.3, 0.4) is 0 Å². The Morgan fingerprint density at radius 2 is 1.78 bits per heavy atom. The van der Waals surface area contributed by atoms with Crippen LogP contribution in [0.5, 0.6) is 0 Å². The molecule has 2 aliphatic heterocycles. The minimum absolute atomic E-state index is 0.0225. The molecule has 2 aromatic carbocycles. The summed E-state index contributed by atoms with van der Waals surface area (Å²) in [6.07, 6.45) is 6.56. The summed E-state index contributed by atoms with van der Waals surface area (Å²) in [5.74, 6) is 0.252. The van der Waals surface area contributed by atoms with Crippen molar-refractivity contribution in [2.75, 3.05) is 31.2 Å². The van der Waals surface area contributed by atoms with Gasteiger partial charge in [0.2, 0.25) is 5.91 Å². The van der Waals surface area contributed by atoms with E-state index >= 15 is 0 Å². The fraction of sp³-hybridized carbons (Fsp3) is 0.462. The number of nitrogens with zero attached hydrogens (tertiary/aromatic N) is 3. The van der Waals surface area contributed by atoms with Crippen LogP contribution in [0.25, 0.3) is 10.2 Å². The van der Waals surface area contributed by atoms with Gasteiger partial charge in [0, 0.05) is 30.6 Å². The van der Waals surface area contributed by atoms with Gasteiger partial charge in [0.15, 0.2) is 5.13 Å². The van der Waals surface area contributed by atoms with Gasteiger partial charge in [0.25, 0.3) is 0 Å². The van der Waals surface area contributed by atoms with Crippen LogP contribution in [0, 0.1) is 0 Å². The lowest BCUT2D eigenvalue weighted by Gasteiger charge is -2.42. The molecule has 1 aromatic heterocycles. The highest BCUT2D eigenvalue weighted by Gasteiger charge is 2.53. The second-order valence-corrected chi connectivity index (χ2v) is 10.3. The van der Waals surface area contributed by atoms with Gasteiger partial charge in [0.05, 0.1) is 29.5 Å². The van der Waals surface area contributed by atoms with Crippen molar-refractivity contribution in [2.45, 2.75) is 50.0 Å². The average Bonchev–Trinajstić information content (AvgIpc) is 3.38. The second-order valence-electron chi connectivity index (χ2n) is 9.28. The number of para-hydroxylation sites is 2. The fourth-order valence-corrected chi connectivity index (χ4v) is 7.11. The predicted octanol–water partition coefficient (Wildman–Crippen LogP) is 5.27. The topological polar surface area (TPSA) is 45.7 Å². The molecule has 1 spiro atoms. The van der Waals surface area contributed by atoms with Crippen molar-refractivity contribution in [1.29, 1.82) is 0 Å². The Labute approximate surface area is 193 Å². The number of hydrogen-bond donors (Lipinski definition) is 0. The maximum Gasteiger partial charge on any atom is 0.224 e. The summed E-state index contributed by atoms with van der Waals surface area (Å²) >= 11 is 1.74. The van der Waals surface area contributed by atoms with Gasteiger partial charge in [-0.25, -0.2) is 4.98 Å². The van der Waals surface area contributed by atoms with Gasteiger partial charge < -0.3 is 14.5 Å². The Morgan fingerprint density at radius 3 is 2.59 bits per heavy atom. The molecule has 3 aliphatic rings. The number of amides is 1. The van der Waals surface area contributed by atoms with Crippen molar-refractivity contribution in [3.05, 3.63) is 54.1 Å². The van der Waals surface area contributed by atoms with Crippen LogP contribution in [-0.4, -0.2) is 48.1 Å². The minimum Gasteiger partial charge on any atom is -0.378 e. The number of carbonyl (C=O) groups is 1. The predicted molar refractivity (Wildman–Crippen MR) is 129 cm³/mol. The van der Waals surface area contributed by atoms with E-state index in [9.17, 15) is 4.79 Å². The van der Waals surface area contributed by atoms with E-state index < -0.39 is 0 Å². The molecule has 2 fully saturated rings. The molecule has 1 aliphatic carbocycles. The standard InChI is InChI=1S/C26H29N3O2S/c30-24(28-14-16-31-17-15-28)18-23-26(12-6-1-7-13-26)19-8-2-4-10-21(19)29(23)25-27-20-9-3-5-11-22(20)32-25/h2-5,8-11,23H,1,6-7,12-18H2. The zero-order chi connectivity index (χ0) is 21.5. The third-order valence-corrected chi connectivity index (χ3v) is 8.65. The van der Waals surface area contributed by atoms with Crippen molar-refractivity contribution < 1.29 is 9.53 Å². The third-order valence-electron chi connectivity index (χ3n) is 7.62. The van der Waals surface area contributed by atoms with Crippen LogP contribution in [0.1, 0.15) is 44.1 Å². The zero-order valence-corrected chi connectivity index (χ0v) is 19.2. The number of ether oxygens (including phenoxy) is 1. The van der Waals surface area contributed by atoms with Crippen LogP contribution in [0.15, 0.2) is 48.5 Å². The molecule has 0 N–H and O–H groups in total. The van der Waals surface area contributed by atoms with Crippen LogP contribution in [-0.2, 0) is 14.9 Å². The molecule has 1 saturated heterocycles. The number of anilines is 2. The zero-order valence-electron chi connectivity index (χ0n) is 18.3. The van der Waals surface area contributed by atoms with Gasteiger partial charge >= 0.3 is 0 Å². The summed E-state index contributed by atoms with van der Waals surface area (Å²) in [6.45, 7) is 2.69. The van der Waals surface area contributed by atoms with Gasteiger partial charge in [-0.1, -0.05) is 60.9 Å². The fourth-order valence-electron chi connectivity index (χ4n) is 6.08. The highest BCUT2D eigenvalue weighted by molar-refractivity contribution is 7.22. The maximum atomic E-state index is 13.5. The Bertz CT molecular complexity index is 1100. The maximum absolute atomic E-state index is 13.5. The summed E-state index contributed by atoms with van der Waals surface area (Å²) in [4.78, 5) is 23.0. The van der Waals surface area contributed by atoms with E-state index in [4.69, 9.17) is 9.72 Å². The molecule has 6 heteroatoms. The molecule has 1 unspecified atom stereocenters. The summed E-state index contributed by atoms with van der Waals surface area (Å²) in [5, 5.41) is 1.01. The molecular weight excluding hydrogens is 418 g/mol. The second kappa shape index (κ2) is 8.16. The van der Waals surface area contributed by atoms with Crippen LogP contribution < -0.4 is 4.90 Å². The number of fused-ring (bicyclic) bond motifs is 3. The van der Waals surface area contributed by atoms with E-state index in [0.29, 0.717) is 32.7 Å². The van der Waals surface area contributed by atoms with E-state index in [0.717, 1.165) is 23.5 Å². The van der Waals surface area contributed by atoms with Gasteiger partial charge in [-0.3, -0.25) is 4.79 Å². The van der Waals surface area contributed by atoms with Gasteiger partial charge in [-0.05, 0) is 36.6 Å². The van der Waals surface area contributed by atoms with Crippen molar-refractivity contribution in [2.24, 2.45) is 0 Å². The minimum atomic E-state index is 0.0225. The van der Waals surface area contributed by atoms with Crippen LogP contribution in [0.4, 0.5) is 10.8 Å². The Hall–Kier alpha value is -2.44. The number of rotatable bonds is 3. The SMILES string of the molecule is O=C(CC1N(c2nc3ccccc3s2)c2ccccc2C12CCCCC2)N1CCOCC1. The van der Waals surface area contributed by atoms with E-state index in [-0.39, 0.29) is 17.4 Å². The molecule has 6 rings (SSSR count). The van der Waals surface area contributed by atoms with E-state index in [1.54, 1.807) is 11.3 Å². The van der Waals surface area contributed by atoms with Gasteiger partial charge in [0.1, 0.15) is 0 Å². The quantitative estimate of drug-likeness (QED) is 0.549. The Kier molecular flexibility index (Phi) is 5.15. The molecule has 32 heavy (non-hydrogen) atoms. The van der Waals surface area contributed by atoms with Crippen molar-refractivity contribution in [3.8, 4) is 0 Å². The smallest absolute Gasteiger partial charge is 0.224 e. The van der Waals surface area contributed by atoms with Crippen LogP contribution >= 0.6 is 11.3 Å². The first kappa shape index (κ1) is 20.2. The molecule has 1 atom stereocenters. The number of hydrogen-bond acceptors (Lipinski definition) is 5. The van der Waals surface area contributed by atoms with Gasteiger partial charge in [-0.2, -0.15) is 0 Å². The summed E-state index contributed by atoms with van der Waals surface area (Å²) in [7, 11) is 0. The number of morpholine rings is 1. The number of aromatic nitrogens is 1. The average molecular weight is 448 g/mol. The summed E-state index contributed by atoms with van der Waals surface area (Å²) in [5.41, 5.74) is 3.72. The largest absolute Gasteiger partial charge is 0.378 e. The number of benzene rings is 2. The molecule has 1 saturated carbocycles. The highest BCUT2D eigenvalue weighted by Crippen LogP contribution is 2.57. The van der Waals surface area contributed by atoms with Crippen molar-refractivity contribution in [1.82, 2.24) is 9.88 Å². The lowest BCUT2D eigenvalue weighted by Crippen LogP contribution is -2.49. The highest BCUT2D eigenvalue weighted by atomic mass is 32.1. The number of carbonyl (C=O) groups excluding carboxylic acids is 1. The van der Waals surface area contributed by atoms with E-state index in [2.05, 4.69) is 47.4 Å². The third kappa shape index (κ3) is 3.23. The molecule has 1 amide bonds. The Balaban J connectivity index is 1.46. The van der Waals surface area contributed by atoms with Crippen molar-refractivity contribution >= 4 is 38.3 Å². The monoisotopic (exact) mass is 447 g/mol. The first-order chi connectivity index (χ1) is 15.8. The number of thiazole rings is 1. The molecule has 3 heterocycles.